The lowest BCUT2D eigenvalue weighted by molar-refractivity contribution is -0.00455. The van der Waals surface area contributed by atoms with Crippen LogP contribution in [0.1, 0.15) is 44.4 Å². The van der Waals surface area contributed by atoms with Gasteiger partial charge in [-0.3, -0.25) is 0 Å². The van der Waals surface area contributed by atoms with Crippen LogP contribution in [0.4, 0.5) is 0 Å². The summed E-state index contributed by atoms with van der Waals surface area (Å²) in [4.78, 5) is 0. The number of methoxy groups -OCH3 is 2. The quantitative estimate of drug-likeness (QED) is 0.128. The van der Waals surface area contributed by atoms with Crippen molar-refractivity contribution in [2.75, 3.05) is 34.5 Å². The van der Waals surface area contributed by atoms with Crippen molar-refractivity contribution in [3.05, 3.63) is 95.6 Å². The van der Waals surface area contributed by atoms with Gasteiger partial charge in [-0.15, -0.1) is 0 Å². The van der Waals surface area contributed by atoms with E-state index in [0.717, 1.165) is 28.2 Å². The molecule has 1 atom stereocenters. The Kier molecular flexibility index (Phi) is 10.9. The molecular weight excluding hydrogens is 485 g/mol. The van der Waals surface area contributed by atoms with E-state index in [4.69, 9.17) is 23.3 Å². The lowest BCUT2D eigenvalue weighted by Gasteiger charge is -2.37. The SMILES string of the molecule is COc1ccc(C(OCCOP(OC)N(C(C)C)C(C)C)(c2ccccc2)c2ccc(OC)cc2)cc1. The zero-order valence-electron chi connectivity index (χ0n) is 23.0. The second-order valence-corrected chi connectivity index (χ2v) is 10.7. The second kappa shape index (κ2) is 13.9. The average molecular weight is 526 g/mol. The van der Waals surface area contributed by atoms with E-state index in [2.05, 4.69) is 68.8 Å². The third-order valence-corrected chi connectivity index (χ3v) is 8.20. The fraction of sp³-hybridized carbons (Fsp3) is 0.400. The largest absolute Gasteiger partial charge is 0.497 e. The van der Waals surface area contributed by atoms with Gasteiger partial charge in [-0.25, -0.2) is 4.67 Å². The molecule has 6 nitrogen and oxygen atoms in total. The minimum absolute atomic E-state index is 0.300. The van der Waals surface area contributed by atoms with Crippen LogP contribution in [0, 0.1) is 0 Å². The van der Waals surface area contributed by atoms with Crippen molar-refractivity contribution < 1.29 is 23.3 Å². The highest BCUT2D eigenvalue weighted by Crippen LogP contribution is 2.46. The fourth-order valence-electron chi connectivity index (χ4n) is 4.57. The van der Waals surface area contributed by atoms with Crippen LogP contribution in [0.5, 0.6) is 11.5 Å². The Balaban J connectivity index is 1.98. The topological polar surface area (TPSA) is 49.4 Å². The molecule has 0 heterocycles. The predicted octanol–water partition coefficient (Wildman–Crippen LogP) is 7.02. The summed E-state index contributed by atoms with van der Waals surface area (Å²) in [7, 11) is 3.84. The van der Waals surface area contributed by atoms with Gasteiger partial charge >= 0.3 is 0 Å². The van der Waals surface area contributed by atoms with E-state index in [1.165, 1.54) is 0 Å². The summed E-state index contributed by atoms with van der Waals surface area (Å²) in [6, 6.07) is 26.9. The minimum atomic E-state index is -1.20. The van der Waals surface area contributed by atoms with Gasteiger partial charge in [-0.05, 0) is 68.7 Å². The summed E-state index contributed by atoms with van der Waals surface area (Å²) in [5.41, 5.74) is 2.13. The van der Waals surface area contributed by atoms with Gasteiger partial charge in [0.15, 0.2) is 0 Å². The lowest BCUT2D eigenvalue weighted by atomic mass is 9.80. The fourth-order valence-corrected chi connectivity index (χ4v) is 5.98. The number of hydrogen-bond donors (Lipinski definition) is 0. The molecule has 3 rings (SSSR count). The Labute approximate surface area is 223 Å². The van der Waals surface area contributed by atoms with Crippen LogP contribution in [-0.2, 0) is 19.4 Å². The van der Waals surface area contributed by atoms with Gasteiger partial charge in [0.1, 0.15) is 17.1 Å². The van der Waals surface area contributed by atoms with Gasteiger partial charge in [-0.2, -0.15) is 0 Å². The van der Waals surface area contributed by atoms with Crippen molar-refractivity contribution >= 4 is 8.53 Å². The van der Waals surface area contributed by atoms with E-state index >= 15 is 0 Å². The van der Waals surface area contributed by atoms with Crippen molar-refractivity contribution in [3.63, 3.8) is 0 Å². The molecule has 0 spiro atoms. The van der Waals surface area contributed by atoms with Gasteiger partial charge < -0.3 is 23.3 Å². The molecule has 3 aromatic rings. The molecule has 0 aliphatic heterocycles. The zero-order valence-corrected chi connectivity index (χ0v) is 23.9. The number of benzene rings is 3. The summed E-state index contributed by atoms with van der Waals surface area (Å²) in [6.45, 7) is 9.36. The van der Waals surface area contributed by atoms with Crippen molar-refractivity contribution in [2.45, 2.75) is 45.4 Å². The Bertz CT molecular complexity index is 1000. The average Bonchev–Trinajstić information content (AvgIpc) is 2.92. The summed E-state index contributed by atoms with van der Waals surface area (Å²) < 4.78 is 32.0. The van der Waals surface area contributed by atoms with Crippen LogP contribution in [-0.4, -0.2) is 51.3 Å². The molecule has 0 N–H and O–H groups in total. The van der Waals surface area contributed by atoms with E-state index in [1.807, 2.05) is 42.5 Å². The molecular formula is C30H40NO5P. The van der Waals surface area contributed by atoms with Crippen LogP contribution in [0.3, 0.4) is 0 Å². The molecule has 0 fully saturated rings. The van der Waals surface area contributed by atoms with Crippen LogP contribution in [0.2, 0.25) is 0 Å². The summed E-state index contributed by atoms with van der Waals surface area (Å²) in [5.74, 6) is 1.58. The molecule has 0 saturated carbocycles. The molecule has 0 aliphatic carbocycles. The monoisotopic (exact) mass is 525 g/mol. The molecule has 200 valence electrons. The van der Waals surface area contributed by atoms with Gasteiger partial charge in [0.05, 0.1) is 27.4 Å². The number of rotatable bonds is 14. The first-order valence-electron chi connectivity index (χ1n) is 12.6. The van der Waals surface area contributed by atoms with E-state index in [1.54, 1.807) is 21.3 Å². The molecule has 3 aromatic carbocycles. The van der Waals surface area contributed by atoms with E-state index in [0.29, 0.717) is 25.3 Å². The van der Waals surface area contributed by atoms with Gasteiger partial charge in [0.2, 0.25) is 0 Å². The maximum Gasteiger partial charge on any atom is 0.259 e. The highest BCUT2D eigenvalue weighted by atomic mass is 31.2. The van der Waals surface area contributed by atoms with E-state index < -0.39 is 14.1 Å². The van der Waals surface area contributed by atoms with Crippen molar-refractivity contribution in [3.8, 4) is 11.5 Å². The van der Waals surface area contributed by atoms with Crippen LogP contribution >= 0.6 is 8.53 Å². The highest BCUT2D eigenvalue weighted by Gasteiger charge is 2.38. The molecule has 0 bridgehead atoms. The second-order valence-electron chi connectivity index (χ2n) is 9.17. The van der Waals surface area contributed by atoms with Crippen molar-refractivity contribution in [2.24, 2.45) is 0 Å². The molecule has 0 amide bonds. The molecule has 0 radical (unpaired) electrons. The first kappa shape index (κ1) is 29.1. The Morgan fingerprint density at radius 3 is 1.51 bits per heavy atom. The number of hydrogen-bond acceptors (Lipinski definition) is 6. The Hall–Kier alpha value is -2.47. The summed E-state index contributed by atoms with van der Waals surface area (Å²) in [5, 5.41) is 0. The van der Waals surface area contributed by atoms with Crippen LogP contribution in [0.25, 0.3) is 0 Å². The molecule has 1 unspecified atom stereocenters. The maximum absolute atomic E-state index is 6.86. The third kappa shape index (κ3) is 6.90. The van der Waals surface area contributed by atoms with Crippen LogP contribution < -0.4 is 9.47 Å². The maximum atomic E-state index is 6.86. The number of ether oxygens (including phenoxy) is 3. The molecule has 0 aliphatic rings. The highest BCUT2D eigenvalue weighted by molar-refractivity contribution is 7.44. The smallest absolute Gasteiger partial charge is 0.259 e. The van der Waals surface area contributed by atoms with Gasteiger partial charge in [0, 0.05) is 19.2 Å². The minimum Gasteiger partial charge on any atom is -0.497 e. The van der Waals surface area contributed by atoms with E-state index in [9.17, 15) is 0 Å². The van der Waals surface area contributed by atoms with Crippen molar-refractivity contribution in [1.82, 2.24) is 4.67 Å². The molecule has 0 saturated heterocycles. The number of nitrogens with zero attached hydrogens (tertiary/aromatic N) is 1. The Morgan fingerprint density at radius 1 is 0.649 bits per heavy atom. The Morgan fingerprint density at radius 2 is 1.11 bits per heavy atom. The summed E-state index contributed by atoms with van der Waals surface area (Å²) >= 11 is 0. The van der Waals surface area contributed by atoms with Crippen LogP contribution in [0.15, 0.2) is 78.9 Å². The normalized spacial score (nSPS) is 12.8. The van der Waals surface area contributed by atoms with E-state index in [-0.39, 0.29) is 0 Å². The predicted molar refractivity (Wildman–Crippen MR) is 150 cm³/mol. The first-order chi connectivity index (χ1) is 17.9. The summed E-state index contributed by atoms with van der Waals surface area (Å²) in [6.07, 6.45) is 0. The standard InChI is InChI=1S/C30H40NO5P/c1-23(2)31(24(3)4)37(34-7)36-22-21-35-30(25-11-9-8-10-12-25,26-13-17-28(32-5)18-14-26)27-15-19-29(33-6)20-16-27/h8-20,23-24H,21-22H2,1-7H3. The molecule has 37 heavy (non-hydrogen) atoms. The molecule has 7 heteroatoms. The first-order valence-corrected chi connectivity index (χ1v) is 13.7. The van der Waals surface area contributed by atoms with Gasteiger partial charge in [0.25, 0.3) is 8.53 Å². The lowest BCUT2D eigenvalue weighted by Crippen LogP contribution is -2.35. The van der Waals surface area contributed by atoms with Crippen molar-refractivity contribution in [1.29, 1.82) is 0 Å². The molecule has 0 aromatic heterocycles. The zero-order chi connectivity index (χ0) is 26.8. The van der Waals surface area contributed by atoms with Gasteiger partial charge in [-0.1, -0.05) is 54.6 Å². The third-order valence-electron chi connectivity index (χ3n) is 6.18.